The first-order valence-corrected chi connectivity index (χ1v) is 14.4. The Morgan fingerprint density at radius 3 is 2.24 bits per heavy atom. The van der Waals surface area contributed by atoms with Gasteiger partial charge in [-0.15, -0.1) is 11.8 Å². The van der Waals surface area contributed by atoms with Gasteiger partial charge in [-0.3, -0.25) is 14.4 Å². The first-order valence-electron chi connectivity index (χ1n) is 13.1. The van der Waals surface area contributed by atoms with Gasteiger partial charge in [-0.1, -0.05) is 78.7 Å². The second-order valence-electron chi connectivity index (χ2n) is 9.25. The number of hydrogen-bond donors (Lipinski definition) is 3. The summed E-state index contributed by atoms with van der Waals surface area (Å²) in [7, 11) is 0. The lowest BCUT2D eigenvalue weighted by atomic mass is 10.1. The second-order valence-corrected chi connectivity index (χ2v) is 10.9. The fraction of sp³-hybridized carbons (Fsp3) is 0.121. The molecule has 3 N–H and O–H groups in total. The lowest BCUT2D eigenvalue weighted by Crippen LogP contribution is -2.30. The van der Waals surface area contributed by atoms with E-state index in [9.17, 15) is 14.4 Å². The van der Waals surface area contributed by atoms with E-state index in [1.165, 1.54) is 11.8 Å². The summed E-state index contributed by atoms with van der Waals surface area (Å²) in [6.07, 6.45) is 2.16. The zero-order valence-corrected chi connectivity index (χ0v) is 24.3. The molecular weight excluding hydrogens is 554 g/mol. The van der Waals surface area contributed by atoms with Crippen LogP contribution in [0.3, 0.4) is 0 Å². The summed E-state index contributed by atoms with van der Waals surface area (Å²) in [6.45, 7) is 3.95. The minimum absolute atomic E-state index is 0.0360. The van der Waals surface area contributed by atoms with Crippen molar-refractivity contribution in [1.82, 2.24) is 5.32 Å². The van der Waals surface area contributed by atoms with E-state index >= 15 is 0 Å². The Labute approximate surface area is 249 Å². The summed E-state index contributed by atoms with van der Waals surface area (Å²) in [4.78, 5) is 40.1. The Bertz CT molecular complexity index is 1560. The zero-order valence-electron chi connectivity index (χ0n) is 22.7. The van der Waals surface area contributed by atoms with Crippen molar-refractivity contribution in [3.63, 3.8) is 0 Å². The summed E-state index contributed by atoms with van der Waals surface area (Å²) in [5.74, 6) is -1.03. The van der Waals surface area contributed by atoms with Gasteiger partial charge in [-0.2, -0.15) is 0 Å². The third-order valence-electron chi connectivity index (χ3n) is 6.09. The maximum absolute atomic E-state index is 13.4. The lowest BCUT2D eigenvalue weighted by molar-refractivity contribution is -0.116. The van der Waals surface area contributed by atoms with Crippen molar-refractivity contribution in [2.24, 2.45) is 0 Å². The number of nitrogens with one attached hydrogen (secondary N) is 3. The third kappa shape index (κ3) is 8.58. The highest BCUT2D eigenvalue weighted by atomic mass is 35.5. The molecule has 208 valence electrons. The number of amides is 3. The molecule has 1 atom stereocenters. The summed E-state index contributed by atoms with van der Waals surface area (Å²) in [5, 5.41) is 8.67. The average Bonchev–Trinajstić information content (AvgIpc) is 2.98. The molecule has 1 unspecified atom stereocenters. The van der Waals surface area contributed by atoms with Gasteiger partial charge in [0.25, 0.3) is 11.8 Å². The van der Waals surface area contributed by atoms with Crippen LogP contribution in [-0.4, -0.2) is 23.0 Å². The molecule has 0 aliphatic carbocycles. The SMILES string of the molecule is CCC(Sc1cccc(NC(=O)/C(=C\c2ccccc2Cl)NC(=O)c2ccccc2)c1)C(=O)Nc1ccc(C)cc1. The van der Waals surface area contributed by atoms with E-state index in [-0.39, 0.29) is 16.9 Å². The Hall–Kier alpha value is -4.33. The molecule has 4 aromatic carbocycles. The molecule has 4 aromatic rings. The molecule has 3 amide bonds. The number of aryl methyl sites for hydroxylation is 1. The molecule has 0 heterocycles. The number of benzene rings is 4. The number of thioether (sulfide) groups is 1. The quantitative estimate of drug-likeness (QED) is 0.133. The Morgan fingerprint density at radius 1 is 0.829 bits per heavy atom. The summed E-state index contributed by atoms with van der Waals surface area (Å²) in [6, 6.07) is 30.6. The summed E-state index contributed by atoms with van der Waals surface area (Å²) >= 11 is 7.74. The van der Waals surface area contributed by atoms with Crippen LogP contribution in [0.5, 0.6) is 0 Å². The van der Waals surface area contributed by atoms with Crippen molar-refractivity contribution >= 4 is 58.5 Å². The molecular formula is C33H30ClN3O3S. The predicted molar refractivity (Wildman–Crippen MR) is 168 cm³/mol. The standard InChI is InChI=1S/C33H30ClN3O3S/c1-3-30(33(40)35-25-18-16-22(2)17-19-25)41-27-14-9-13-26(21-27)36-32(39)29(20-24-12-7-8-15-28(24)34)37-31(38)23-10-5-4-6-11-23/h4-21,30H,3H2,1-2H3,(H,35,40)(H,36,39)(H,37,38)/b29-20+. The Balaban J connectivity index is 1.50. The molecule has 0 aromatic heterocycles. The number of carbonyl (C=O) groups excluding carboxylic acids is 3. The van der Waals surface area contributed by atoms with E-state index in [2.05, 4.69) is 16.0 Å². The van der Waals surface area contributed by atoms with Gasteiger partial charge in [0.2, 0.25) is 5.91 Å². The number of carbonyl (C=O) groups is 3. The molecule has 4 rings (SSSR count). The van der Waals surface area contributed by atoms with Gasteiger partial charge in [0.05, 0.1) is 5.25 Å². The second kappa shape index (κ2) is 14.3. The molecule has 0 radical (unpaired) electrons. The van der Waals surface area contributed by atoms with Crippen LogP contribution in [-0.2, 0) is 9.59 Å². The normalized spacial score (nSPS) is 11.8. The molecule has 0 aliphatic rings. The molecule has 0 spiro atoms. The molecule has 0 aliphatic heterocycles. The smallest absolute Gasteiger partial charge is 0.272 e. The van der Waals surface area contributed by atoms with Gasteiger partial charge in [-0.25, -0.2) is 0 Å². The highest BCUT2D eigenvalue weighted by molar-refractivity contribution is 8.00. The number of rotatable bonds is 10. The van der Waals surface area contributed by atoms with Crippen molar-refractivity contribution in [3.8, 4) is 0 Å². The predicted octanol–water partition coefficient (Wildman–Crippen LogP) is 7.57. The van der Waals surface area contributed by atoms with E-state index in [1.54, 1.807) is 66.7 Å². The van der Waals surface area contributed by atoms with Crippen LogP contribution in [0, 0.1) is 6.92 Å². The minimum Gasteiger partial charge on any atom is -0.325 e. The maximum atomic E-state index is 13.4. The molecule has 0 saturated carbocycles. The number of anilines is 2. The fourth-order valence-electron chi connectivity index (χ4n) is 3.88. The third-order valence-corrected chi connectivity index (χ3v) is 7.79. The van der Waals surface area contributed by atoms with Gasteiger partial charge in [-0.05, 0) is 73.5 Å². The lowest BCUT2D eigenvalue weighted by Gasteiger charge is -2.16. The van der Waals surface area contributed by atoms with E-state index in [0.717, 1.165) is 16.1 Å². The fourth-order valence-corrected chi connectivity index (χ4v) is 5.09. The van der Waals surface area contributed by atoms with Crippen molar-refractivity contribution < 1.29 is 14.4 Å². The van der Waals surface area contributed by atoms with E-state index < -0.39 is 11.8 Å². The summed E-state index contributed by atoms with van der Waals surface area (Å²) < 4.78 is 0. The van der Waals surface area contributed by atoms with Crippen molar-refractivity contribution in [2.45, 2.75) is 30.4 Å². The molecule has 8 heteroatoms. The zero-order chi connectivity index (χ0) is 29.2. The van der Waals surface area contributed by atoms with E-state index in [1.807, 2.05) is 56.3 Å². The van der Waals surface area contributed by atoms with Crippen LogP contribution in [0.15, 0.2) is 114 Å². The van der Waals surface area contributed by atoms with E-state index in [4.69, 9.17) is 11.6 Å². The molecule has 0 saturated heterocycles. The molecule has 41 heavy (non-hydrogen) atoms. The van der Waals surface area contributed by atoms with Gasteiger partial charge in [0.1, 0.15) is 5.70 Å². The van der Waals surface area contributed by atoms with Gasteiger partial charge in [0, 0.05) is 26.9 Å². The minimum atomic E-state index is -0.513. The highest BCUT2D eigenvalue weighted by Gasteiger charge is 2.19. The van der Waals surface area contributed by atoms with Gasteiger partial charge in [0.15, 0.2) is 0 Å². The number of hydrogen-bond acceptors (Lipinski definition) is 4. The first-order chi connectivity index (χ1) is 19.8. The van der Waals surface area contributed by atoms with Crippen LogP contribution >= 0.6 is 23.4 Å². The van der Waals surface area contributed by atoms with Crippen molar-refractivity contribution in [1.29, 1.82) is 0 Å². The molecule has 0 fully saturated rings. The number of halogens is 1. The van der Waals surface area contributed by atoms with Crippen LogP contribution in [0.1, 0.15) is 34.8 Å². The molecule has 6 nitrogen and oxygen atoms in total. The largest absolute Gasteiger partial charge is 0.325 e. The highest BCUT2D eigenvalue weighted by Crippen LogP contribution is 2.29. The van der Waals surface area contributed by atoms with Gasteiger partial charge < -0.3 is 16.0 Å². The monoisotopic (exact) mass is 583 g/mol. The Morgan fingerprint density at radius 2 is 1.54 bits per heavy atom. The van der Waals surface area contributed by atoms with E-state index in [0.29, 0.717) is 28.3 Å². The van der Waals surface area contributed by atoms with Crippen LogP contribution < -0.4 is 16.0 Å². The summed E-state index contributed by atoms with van der Waals surface area (Å²) in [5.41, 5.74) is 3.42. The van der Waals surface area contributed by atoms with Crippen LogP contribution in [0.4, 0.5) is 11.4 Å². The van der Waals surface area contributed by atoms with Crippen molar-refractivity contribution in [2.75, 3.05) is 10.6 Å². The first kappa shape index (κ1) is 29.6. The van der Waals surface area contributed by atoms with Crippen LogP contribution in [0.25, 0.3) is 6.08 Å². The van der Waals surface area contributed by atoms with Gasteiger partial charge >= 0.3 is 0 Å². The molecule has 0 bridgehead atoms. The Kier molecular flexibility index (Phi) is 10.4. The maximum Gasteiger partial charge on any atom is 0.272 e. The topological polar surface area (TPSA) is 87.3 Å². The average molecular weight is 584 g/mol. The van der Waals surface area contributed by atoms with Crippen molar-refractivity contribution in [3.05, 3.63) is 131 Å². The van der Waals surface area contributed by atoms with Crippen LogP contribution in [0.2, 0.25) is 5.02 Å².